The number of rotatable bonds is 5. The molecule has 166 valence electrons. The van der Waals surface area contributed by atoms with Crippen LogP contribution in [0.2, 0.25) is 0 Å². The van der Waals surface area contributed by atoms with Gasteiger partial charge in [0, 0.05) is 48.8 Å². The molecule has 4 saturated carbocycles. The fourth-order valence-corrected chi connectivity index (χ4v) is 7.59. The predicted molar refractivity (Wildman–Crippen MR) is 121 cm³/mol. The summed E-state index contributed by atoms with van der Waals surface area (Å²) in [5, 5.41) is 14.8. The number of pyridine rings is 1. The lowest BCUT2D eigenvalue weighted by Crippen LogP contribution is -2.58. The standard InChI is InChI=1S/C26H34FN3O/c27-23-4-3-21-9-22(14-28-26-11-18-6-19(12-26)8-20(7-18)13-26)25(29-24(21)10-23)30-5-1-2-17(15-30)16-31/h3-4,9-10,17-20,28,31H,1-2,5-8,11-16H2/t17-,18?,19?,20?,26?/m1/s1. The Morgan fingerprint density at radius 3 is 2.55 bits per heavy atom. The van der Waals surface area contributed by atoms with Crippen LogP contribution >= 0.6 is 0 Å². The smallest absolute Gasteiger partial charge is 0.133 e. The van der Waals surface area contributed by atoms with Crippen LogP contribution in [0.15, 0.2) is 24.3 Å². The van der Waals surface area contributed by atoms with Gasteiger partial charge < -0.3 is 15.3 Å². The van der Waals surface area contributed by atoms with Gasteiger partial charge in [-0.1, -0.05) is 0 Å². The van der Waals surface area contributed by atoms with E-state index in [2.05, 4.69) is 16.3 Å². The number of anilines is 1. The van der Waals surface area contributed by atoms with Gasteiger partial charge >= 0.3 is 0 Å². The van der Waals surface area contributed by atoms with Crippen LogP contribution in [0.1, 0.15) is 56.9 Å². The highest BCUT2D eigenvalue weighted by Gasteiger charge is 2.50. The van der Waals surface area contributed by atoms with Gasteiger partial charge in [0.2, 0.25) is 0 Å². The Balaban J connectivity index is 1.31. The fraction of sp³-hybridized carbons (Fsp3) is 0.654. The monoisotopic (exact) mass is 423 g/mol. The summed E-state index contributed by atoms with van der Waals surface area (Å²) in [5.41, 5.74) is 2.24. The van der Waals surface area contributed by atoms with Gasteiger partial charge in [-0.2, -0.15) is 0 Å². The number of nitrogens with zero attached hydrogens (tertiary/aromatic N) is 2. The molecule has 4 nitrogen and oxygen atoms in total. The molecule has 1 saturated heterocycles. The van der Waals surface area contributed by atoms with Crippen molar-refractivity contribution >= 4 is 16.7 Å². The largest absolute Gasteiger partial charge is 0.396 e. The van der Waals surface area contributed by atoms with Crippen molar-refractivity contribution in [3.05, 3.63) is 35.6 Å². The summed E-state index contributed by atoms with van der Waals surface area (Å²) < 4.78 is 13.9. The molecule has 1 aromatic heterocycles. The summed E-state index contributed by atoms with van der Waals surface area (Å²) in [5.74, 6) is 3.79. The van der Waals surface area contributed by atoms with Gasteiger partial charge in [0.05, 0.1) is 5.52 Å². The number of aromatic nitrogens is 1. The maximum atomic E-state index is 13.9. The molecule has 7 rings (SSSR count). The molecule has 5 fully saturated rings. The lowest BCUT2D eigenvalue weighted by Gasteiger charge is -2.57. The van der Waals surface area contributed by atoms with E-state index in [0.29, 0.717) is 11.5 Å². The molecule has 2 heterocycles. The molecule has 2 aromatic rings. The number of benzene rings is 1. The number of hydrogen-bond donors (Lipinski definition) is 2. The van der Waals surface area contributed by atoms with Crippen molar-refractivity contribution in [3.63, 3.8) is 0 Å². The average Bonchev–Trinajstić information content (AvgIpc) is 2.76. The minimum atomic E-state index is -0.239. The van der Waals surface area contributed by atoms with E-state index < -0.39 is 0 Å². The minimum absolute atomic E-state index is 0.222. The zero-order valence-corrected chi connectivity index (χ0v) is 18.3. The highest BCUT2D eigenvalue weighted by molar-refractivity contribution is 5.82. The van der Waals surface area contributed by atoms with Crippen LogP contribution in [0.4, 0.5) is 10.2 Å². The van der Waals surface area contributed by atoms with Crippen molar-refractivity contribution in [1.29, 1.82) is 0 Å². The van der Waals surface area contributed by atoms with Gasteiger partial charge in [0.1, 0.15) is 11.6 Å². The zero-order valence-electron chi connectivity index (χ0n) is 18.3. The van der Waals surface area contributed by atoms with E-state index in [4.69, 9.17) is 4.98 Å². The summed E-state index contributed by atoms with van der Waals surface area (Å²) in [6.45, 7) is 2.82. The second-order valence-electron chi connectivity index (χ2n) is 11.0. The normalized spacial score (nSPS) is 34.6. The molecular weight excluding hydrogens is 389 g/mol. The summed E-state index contributed by atoms with van der Waals surface area (Å²) in [6.07, 6.45) is 10.5. The van der Waals surface area contributed by atoms with Gasteiger partial charge in [-0.3, -0.25) is 0 Å². The summed E-state index contributed by atoms with van der Waals surface area (Å²) in [7, 11) is 0. The molecule has 2 N–H and O–H groups in total. The molecule has 0 amide bonds. The first kappa shape index (κ1) is 19.9. The van der Waals surface area contributed by atoms with Crippen molar-refractivity contribution < 1.29 is 9.50 Å². The third-order valence-corrected chi connectivity index (χ3v) is 8.60. The SMILES string of the molecule is OC[C@@H]1CCCN(c2nc3cc(F)ccc3cc2CNC23CC4CC(CC(C4)C2)C3)C1. The van der Waals surface area contributed by atoms with Crippen LogP contribution in [0.5, 0.6) is 0 Å². The van der Waals surface area contributed by atoms with Gasteiger partial charge in [0.15, 0.2) is 0 Å². The van der Waals surface area contributed by atoms with E-state index in [-0.39, 0.29) is 12.4 Å². The maximum absolute atomic E-state index is 13.9. The van der Waals surface area contributed by atoms with Gasteiger partial charge in [-0.15, -0.1) is 0 Å². The van der Waals surface area contributed by atoms with E-state index in [0.717, 1.165) is 67.0 Å². The Bertz CT molecular complexity index is 941. The summed E-state index contributed by atoms with van der Waals surface area (Å²) >= 11 is 0. The molecule has 31 heavy (non-hydrogen) atoms. The first-order valence-corrected chi connectivity index (χ1v) is 12.3. The Morgan fingerprint density at radius 1 is 1.10 bits per heavy atom. The number of fused-ring (bicyclic) bond motifs is 1. The number of aliphatic hydroxyl groups excluding tert-OH is 1. The van der Waals surface area contributed by atoms with Gasteiger partial charge in [-0.05, 0) is 93.2 Å². The molecule has 0 radical (unpaired) electrons. The number of nitrogens with one attached hydrogen (secondary N) is 1. The summed E-state index contributed by atoms with van der Waals surface area (Å²) in [4.78, 5) is 7.28. The van der Waals surface area contributed by atoms with Crippen LogP contribution in [-0.2, 0) is 6.54 Å². The van der Waals surface area contributed by atoms with Crippen molar-refractivity contribution in [2.45, 2.75) is 63.5 Å². The first-order valence-electron chi connectivity index (χ1n) is 12.3. The fourth-order valence-electron chi connectivity index (χ4n) is 7.59. The van der Waals surface area contributed by atoms with Crippen LogP contribution in [0, 0.1) is 29.5 Å². The quantitative estimate of drug-likeness (QED) is 0.736. The topological polar surface area (TPSA) is 48.4 Å². The lowest BCUT2D eigenvalue weighted by molar-refractivity contribution is -0.0205. The zero-order chi connectivity index (χ0) is 21.0. The lowest BCUT2D eigenvalue weighted by atomic mass is 9.53. The molecule has 0 unspecified atom stereocenters. The predicted octanol–water partition coefficient (Wildman–Crippen LogP) is 4.64. The van der Waals surface area contributed by atoms with E-state index in [1.54, 1.807) is 6.07 Å². The highest BCUT2D eigenvalue weighted by atomic mass is 19.1. The molecular formula is C26H34FN3O. The Kier molecular flexibility index (Phi) is 4.95. The Labute approximate surface area is 184 Å². The van der Waals surface area contributed by atoms with E-state index in [1.807, 2.05) is 6.07 Å². The molecule has 5 aliphatic rings. The van der Waals surface area contributed by atoms with E-state index in [1.165, 1.54) is 50.2 Å². The van der Waals surface area contributed by atoms with Crippen molar-refractivity contribution in [3.8, 4) is 0 Å². The molecule has 4 aliphatic carbocycles. The van der Waals surface area contributed by atoms with Crippen LogP contribution in [0.3, 0.4) is 0 Å². The van der Waals surface area contributed by atoms with Crippen molar-refractivity contribution in [1.82, 2.24) is 10.3 Å². The second kappa shape index (κ2) is 7.70. The van der Waals surface area contributed by atoms with Crippen molar-refractivity contribution in [2.75, 3.05) is 24.6 Å². The highest BCUT2D eigenvalue weighted by Crippen LogP contribution is 2.55. The number of aliphatic hydroxyl groups is 1. The number of halogens is 1. The number of piperidine rings is 1. The summed E-state index contributed by atoms with van der Waals surface area (Å²) in [6, 6.07) is 7.14. The third kappa shape index (κ3) is 3.74. The number of hydrogen-bond acceptors (Lipinski definition) is 4. The Hall–Kier alpha value is -1.72. The second-order valence-corrected chi connectivity index (χ2v) is 11.0. The van der Waals surface area contributed by atoms with Crippen LogP contribution in [0.25, 0.3) is 10.9 Å². The Morgan fingerprint density at radius 2 is 1.84 bits per heavy atom. The van der Waals surface area contributed by atoms with Crippen molar-refractivity contribution in [2.24, 2.45) is 23.7 Å². The van der Waals surface area contributed by atoms with Gasteiger partial charge in [0.25, 0.3) is 0 Å². The molecule has 1 aliphatic heterocycles. The first-order chi connectivity index (χ1) is 15.1. The average molecular weight is 424 g/mol. The molecule has 1 atom stereocenters. The molecule has 1 aromatic carbocycles. The third-order valence-electron chi connectivity index (χ3n) is 8.60. The van der Waals surface area contributed by atoms with E-state index >= 15 is 0 Å². The maximum Gasteiger partial charge on any atom is 0.133 e. The molecule has 4 bridgehead atoms. The van der Waals surface area contributed by atoms with Crippen LogP contribution < -0.4 is 10.2 Å². The van der Waals surface area contributed by atoms with E-state index in [9.17, 15) is 9.50 Å². The van der Waals surface area contributed by atoms with Crippen LogP contribution in [-0.4, -0.2) is 35.3 Å². The minimum Gasteiger partial charge on any atom is -0.396 e. The molecule has 0 spiro atoms. The van der Waals surface area contributed by atoms with Gasteiger partial charge in [-0.25, -0.2) is 9.37 Å². The molecule has 5 heteroatoms.